The SMILES string of the molecule is CCC.Cc1ccc(S(=O)(=O)CCOS(=O)(=O)O)cc1S(=O)(=O)O. The minimum atomic E-state index is -4.77. The van der Waals surface area contributed by atoms with E-state index in [0.29, 0.717) is 0 Å². The van der Waals surface area contributed by atoms with Crippen LogP contribution in [-0.4, -0.2) is 46.7 Å². The Morgan fingerprint density at radius 3 is 1.92 bits per heavy atom. The molecule has 12 heteroatoms. The zero-order valence-corrected chi connectivity index (χ0v) is 15.8. The Morgan fingerprint density at radius 2 is 1.50 bits per heavy atom. The van der Waals surface area contributed by atoms with Gasteiger partial charge in [0.25, 0.3) is 10.1 Å². The molecule has 9 nitrogen and oxygen atoms in total. The topological polar surface area (TPSA) is 152 Å². The molecule has 1 rings (SSSR count). The standard InChI is InChI=1S/C9H12O9S3.C3H8/c1-7-2-3-8(6-9(7)20(12,13)14)19(10,11)5-4-18-21(15,16)17;1-3-2/h2-3,6H,4-5H2,1H3,(H,12,13,14)(H,15,16,17);3H2,1-2H3. The van der Waals surface area contributed by atoms with Crippen LogP contribution in [0.2, 0.25) is 0 Å². The Bertz CT molecular complexity index is 853. The van der Waals surface area contributed by atoms with Gasteiger partial charge in [-0.3, -0.25) is 9.11 Å². The van der Waals surface area contributed by atoms with Gasteiger partial charge in [-0.15, -0.1) is 0 Å². The summed E-state index contributed by atoms with van der Waals surface area (Å²) in [5, 5.41) is 0. The fourth-order valence-electron chi connectivity index (χ4n) is 1.42. The van der Waals surface area contributed by atoms with Crippen LogP contribution in [0.15, 0.2) is 28.0 Å². The predicted molar refractivity (Wildman–Crippen MR) is 86.5 cm³/mol. The number of sulfone groups is 1. The summed E-state index contributed by atoms with van der Waals surface area (Å²) in [6, 6.07) is 3.04. The fraction of sp³-hybridized carbons (Fsp3) is 0.500. The number of hydrogen-bond donors (Lipinski definition) is 2. The molecule has 0 aliphatic heterocycles. The lowest BCUT2D eigenvalue weighted by Crippen LogP contribution is -2.16. The molecule has 1 aromatic rings. The van der Waals surface area contributed by atoms with Gasteiger partial charge >= 0.3 is 10.4 Å². The van der Waals surface area contributed by atoms with Gasteiger partial charge in [-0.25, -0.2) is 12.6 Å². The second-order valence-electron chi connectivity index (χ2n) is 4.68. The third-order valence-corrected chi connectivity index (χ3v) is 5.52. The van der Waals surface area contributed by atoms with Gasteiger partial charge in [0.2, 0.25) is 0 Å². The van der Waals surface area contributed by atoms with E-state index >= 15 is 0 Å². The summed E-state index contributed by atoms with van der Waals surface area (Å²) in [6.45, 7) is 4.77. The predicted octanol–water partition coefficient (Wildman–Crippen LogP) is 1.25. The van der Waals surface area contributed by atoms with Gasteiger partial charge in [-0.05, 0) is 24.6 Å². The highest BCUT2D eigenvalue weighted by atomic mass is 32.3. The lowest BCUT2D eigenvalue weighted by molar-refractivity contribution is 0.284. The number of aryl methyl sites for hydroxylation is 1. The Balaban J connectivity index is 0.00000163. The average Bonchev–Trinajstić information content (AvgIpc) is 2.36. The molecule has 0 aromatic heterocycles. The normalized spacial score (nSPS) is 12.4. The van der Waals surface area contributed by atoms with E-state index in [0.717, 1.165) is 12.1 Å². The van der Waals surface area contributed by atoms with Crippen LogP contribution in [0.1, 0.15) is 25.8 Å². The highest BCUT2D eigenvalue weighted by molar-refractivity contribution is 7.91. The summed E-state index contributed by atoms with van der Waals surface area (Å²) in [4.78, 5) is -1.00. The van der Waals surface area contributed by atoms with Crippen LogP contribution in [0.3, 0.4) is 0 Å². The molecule has 1 aromatic carbocycles. The Morgan fingerprint density at radius 1 is 1.00 bits per heavy atom. The van der Waals surface area contributed by atoms with Crippen molar-refractivity contribution < 1.29 is 38.5 Å². The van der Waals surface area contributed by atoms with Crippen LogP contribution >= 0.6 is 0 Å². The minimum Gasteiger partial charge on any atom is -0.282 e. The summed E-state index contributed by atoms with van der Waals surface area (Å²) in [6.07, 6.45) is 1.25. The lowest BCUT2D eigenvalue weighted by Gasteiger charge is -2.07. The summed E-state index contributed by atoms with van der Waals surface area (Å²) in [5.41, 5.74) is 0.144. The van der Waals surface area contributed by atoms with Crippen molar-refractivity contribution in [2.45, 2.75) is 37.0 Å². The second-order valence-corrected chi connectivity index (χ2v) is 9.27. The zero-order chi connectivity index (χ0) is 19.2. The first-order chi connectivity index (χ1) is 10.7. The molecule has 0 amide bonds. The number of benzene rings is 1. The van der Waals surface area contributed by atoms with Crippen molar-refractivity contribution in [3.05, 3.63) is 23.8 Å². The summed E-state index contributed by atoms with van der Waals surface area (Å²) >= 11 is 0. The fourth-order valence-corrected chi connectivity index (χ4v) is 3.75. The number of rotatable bonds is 6. The third kappa shape index (κ3) is 8.17. The van der Waals surface area contributed by atoms with Gasteiger partial charge in [0, 0.05) is 0 Å². The van der Waals surface area contributed by atoms with Crippen molar-refractivity contribution in [1.29, 1.82) is 0 Å². The Kier molecular flexibility index (Phi) is 8.49. The van der Waals surface area contributed by atoms with E-state index < -0.39 is 52.5 Å². The van der Waals surface area contributed by atoms with E-state index in [-0.39, 0.29) is 5.56 Å². The van der Waals surface area contributed by atoms with Gasteiger partial charge in [-0.2, -0.15) is 16.8 Å². The highest BCUT2D eigenvalue weighted by Crippen LogP contribution is 2.20. The minimum absolute atomic E-state index is 0.144. The number of hydrogen-bond acceptors (Lipinski definition) is 7. The Hall–Kier alpha value is -1.05. The third-order valence-electron chi connectivity index (χ3n) is 2.38. The maximum atomic E-state index is 11.9. The quantitative estimate of drug-likeness (QED) is 0.667. The first-order valence-corrected chi connectivity index (χ1v) is 11.1. The maximum absolute atomic E-state index is 11.9. The average molecular weight is 404 g/mol. The van der Waals surface area contributed by atoms with E-state index in [1.54, 1.807) is 0 Å². The van der Waals surface area contributed by atoms with Gasteiger partial charge in [0.15, 0.2) is 9.84 Å². The van der Waals surface area contributed by atoms with Crippen molar-refractivity contribution in [2.24, 2.45) is 0 Å². The summed E-state index contributed by atoms with van der Waals surface area (Å²) in [7, 11) is -13.4. The Labute approximate surface area is 142 Å². The van der Waals surface area contributed by atoms with Crippen LogP contribution in [0.4, 0.5) is 0 Å². The van der Waals surface area contributed by atoms with E-state index in [2.05, 4.69) is 18.0 Å². The van der Waals surface area contributed by atoms with Crippen LogP contribution in [0, 0.1) is 6.92 Å². The van der Waals surface area contributed by atoms with E-state index in [1.807, 2.05) is 0 Å². The van der Waals surface area contributed by atoms with E-state index in [4.69, 9.17) is 9.11 Å². The molecule has 140 valence electrons. The van der Waals surface area contributed by atoms with Crippen LogP contribution in [0.5, 0.6) is 0 Å². The summed E-state index contributed by atoms with van der Waals surface area (Å²) in [5.74, 6) is -0.805. The summed E-state index contributed by atoms with van der Waals surface area (Å²) < 4.78 is 87.8. The molecule has 0 bridgehead atoms. The van der Waals surface area contributed by atoms with E-state index in [1.165, 1.54) is 19.4 Å². The van der Waals surface area contributed by atoms with Gasteiger partial charge in [0.1, 0.15) is 0 Å². The molecule has 0 aliphatic carbocycles. The smallest absolute Gasteiger partial charge is 0.282 e. The van der Waals surface area contributed by atoms with Gasteiger partial charge in [-0.1, -0.05) is 26.3 Å². The molecular weight excluding hydrogens is 384 g/mol. The molecule has 0 unspecified atom stereocenters. The molecule has 0 fully saturated rings. The maximum Gasteiger partial charge on any atom is 0.397 e. The lowest BCUT2D eigenvalue weighted by atomic mass is 10.2. The largest absolute Gasteiger partial charge is 0.397 e. The molecule has 0 saturated carbocycles. The molecule has 0 atom stereocenters. The molecule has 0 spiro atoms. The van der Waals surface area contributed by atoms with Crippen molar-refractivity contribution in [3.8, 4) is 0 Å². The van der Waals surface area contributed by atoms with Crippen molar-refractivity contribution in [2.75, 3.05) is 12.4 Å². The zero-order valence-electron chi connectivity index (χ0n) is 13.3. The van der Waals surface area contributed by atoms with E-state index in [9.17, 15) is 25.3 Å². The first-order valence-electron chi connectivity index (χ1n) is 6.67. The first kappa shape index (κ1) is 22.9. The second kappa shape index (κ2) is 8.87. The van der Waals surface area contributed by atoms with Crippen molar-refractivity contribution >= 4 is 30.4 Å². The molecule has 0 heterocycles. The highest BCUT2D eigenvalue weighted by Gasteiger charge is 2.21. The van der Waals surface area contributed by atoms with Crippen molar-refractivity contribution in [3.63, 3.8) is 0 Å². The van der Waals surface area contributed by atoms with Crippen molar-refractivity contribution in [1.82, 2.24) is 0 Å². The molecule has 0 radical (unpaired) electrons. The van der Waals surface area contributed by atoms with Crippen LogP contribution < -0.4 is 0 Å². The molecule has 0 saturated heterocycles. The molecule has 24 heavy (non-hydrogen) atoms. The molecular formula is C12H20O9S3. The molecule has 0 aliphatic rings. The monoisotopic (exact) mass is 404 g/mol. The van der Waals surface area contributed by atoms with Crippen LogP contribution in [0.25, 0.3) is 0 Å². The molecule has 2 N–H and O–H groups in total. The van der Waals surface area contributed by atoms with Gasteiger partial charge < -0.3 is 0 Å². The van der Waals surface area contributed by atoms with Crippen LogP contribution in [-0.2, 0) is 34.5 Å². The van der Waals surface area contributed by atoms with Gasteiger partial charge in [0.05, 0.1) is 22.2 Å².